The Morgan fingerprint density at radius 1 is 1.14 bits per heavy atom. The lowest BCUT2D eigenvalue weighted by Gasteiger charge is -2.26. The first-order valence-electron chi connectivity index (χ1n) is 7.90. The molecule has 3 heteroatoms. The number of para-hydroxylation sites is 1. The predicted octanol–water partition coefficient (Wildman–Crippen LogP) is 3.57. The van der Waals surface area contributed by atoms with Gasteiger partial charge in [-0.3, -0.25) is 0 Å². The molecule has 0 fully saturated rings. The van der Waals surface area contributed by atoms with Crippen molar-refractivity contribution in [1.29, 1.82) is 0 Å². The molecule has 2 aromatic carbocycles. The summed E-state index contributed by atoms with van der Waals surface area (Å²) < 4.78 is 11.5. The van der Waals surface area contributed by atoms with Crippen LogP contribution in [0.4, 0.5) is 0 Å². The van der Waals surface area contributed by atoms with E-state index in [4.69, 9.17) is 9.47 Å². The molecule has 1 aliphatic rings. The molecule has 1 atom stereocenters. The van der Waals surface area contributed by atoms with Gasteiger partial charge in [0.25, 0.3) is 0 Å². The van der Waals surface area contributed by atoms with E-state index < -0.39 is 0 Å². The van der Waals surface area contributed by atoms with E-state index in [1.165, 1.54) is 11.1 Å². The molecule has 0 spiro atoms. The van der Waals surface area contributed by atoms with Crippen molar-refractivity contribution in [1.82, 2.24) is 5.32 Å². The maximum atomic E-state index is 5.80. The van der Waals surface area contributed by atoms with Gasteiger partial charge in [-0.15, -0.1) is 0 Å². The minimum Gasteiger partial charge on any atom is -0.492 e. The van der Waals surface area contributed by atoms with Crippen LogP contribution in [0.25, 0.3) is 0 Å². The first-order chi connectivity index (χ1) is 10.7. The summed E-state index contributed by atoms with van der Waals surface area (Å²) in [5, 5.41) is 3.57. The highest BCUT2D eigenvalue weighted by atomic mass is 16.5. The standard InChI is InChI=1S/C19H23NO2/c1-14(2)22-18-9-7-15(8-10-18)12-20-17-11-16-5-3-4-6-19(16)21-13-17/h3-10,14,17,20H,11-13H2,1-2H3/t17-/m0/s1. The third kappa shape index (κ3) is 3.80. The molecule has 1 N–H and O–H groups in total. The monoisotopic (exact) mass is 297 g/mol. The van der Waals surface area contributed by atoms with Crippen molar-refractivity contribution in [2.75, 3.05) is 6.61 Å². The first kappa shape index (κ1) is 14.9. The fourth-order valence-corrected chi connectivity index (χ4v) is 2.68. The molecule has 22 heavy (non-hydrogen) atoms. The van der Waals surface area contributed by atoms with Crippen LogP contribution in [0.1, 0.15) is 25.0 Å². The van der Waals surface area contributed by atoms with Crippen LogP contribution in [0.15, 0.2) is 48.5 Å². The third-order valence-electron chi connectivity index (χ3n) is 3.77. The molecule has 0 saturated heterocycles. The smallest absolute Gasteiger partial charge is 0.122 e. The molecule has 0 aliphatic carbocycles. The van der Waals surface area contributed by atoms with Crippen LogP contribution >= 0.6 is 0 Å². The fraction of sp³-hybridized carbons (Fsp3) is 0.368. The Labute approximate surface area is 132 Å². The number of nitrogens with one attached hydrogen (secondary N) is 1. The van der Waals surface area contributed by atoms with E-state index in [2.05, 4.69) is 29.6 Å². The Balaban J connectivity index is 1.53. The minimum atomic E-state index is 0.212. The van der Waals surface area contributed by atoms with Crippen LogP contribution in [-0.4, -0.2) is 18.8 Å². The van der Waals surface area contributed by atoms with Gasteiger partial charge < -0.3 is 14.8 Å². The van der Waals surface area contributed by atoms with Crippen LogP contribution in [0, 0.1) is 0 Å². The molecule has 1 heterocycles. The first-order valence-corrected chi connectivity index (χ1v) is 7.90. The number of hydrogen-bond acceptors (Lipinski definition) is 3. The van der Waals surface area contributed by atoms with Crippen molar-refractivity contribution >= 4 is 0 Å². The molecule has 1 aliphatic heterocycles. The average molecular weight is 297 g/mol. The lowest BCUT2D eigenvalue weighted by Crippen LogP contribution is -2.38. The molecule has 2 aromatic rings. The maximum Gasteiger partial charge on any atom is 0.122 e. The molecule has 3 rings (SSSR count). The van der Waals surface area contributed by atoms with Crippen LogP contribution in [0.5, 0.6) is 11.5 Å². The van der Waals surface area contributed by atoms with Gasteiger partial charge in [-0.2, -0.15) is 0 Å². The van der Waals surface area contributed by atoms with Gasteiger partial charge in [0.2, 0.25) is 0 Å². The van der Waals surface area contributed by atoms with Crippen molar-refractivity contribution in [2.24, 2.45) is 0 Å². The van der Waals surface area contributed by atoms with Gasteiger partial charge in [0.05, 0.1) is 6.10 Å². The molecule has 116 valence electrons. The van der Waals surface area contributed by atoms with Crippen LogP contribution in [0.3, 0.4) is 0 Å². The zero-order chi connectivity index (χ0) is 15.4. The molecule has 0 radical (unpaired) electrons. The Bertz CT molecular complexity index is 607. The number of ether oxygens (including phenoxy) is 2. The molecule has 0 bridgehead atoms. The van der Waals surface area contributed by atoms with Crippen LogP contribution in [-0.2, 0) is 13.0 Å². The summed E-state index contributed by atoms with van der Waals surface area (Å²) in [4.78, 5) is 0. The summed E-state index contributed by atoms with van der Waals surface area (Å²) in [6.45, 7) is 5.65. The highest BCUT2D eigenvalue weighted by molar-refractivity contribution is 5.35. The Morgan fingerprint density at radius 2 is 1.91 bits per heavy atom. The molecule has 3 nitrogen and oxygen atoms in total. The zero-order valence-corrected chi connectivity index (χ0v) is 13.2. The summed E-state index contributed by atoms with van der Waals surface area (Å²) in [5.41, 5.74) is 2.54. The number of hydrogen-bond donors (Lipinski definition) is 1. The summed E-state index contributed by atoms with van der Waals surface area (Å²) in [6.07, 6.45) is 1.23. The highest BCUT2D eigenvalue weighted by Gasteiger charge is 2.18. The second-order valence-electron chi connectivity index (χ2n) is 6.01. The van der Waals surface area contributed by atoms with Crippen molar-refractivity contribution in [3.63, 3.8) is 0 Å². The van der Waals surface area contributed by atoms with E-state index in [-0.39, 0.29) is 6.10 Å². The van der Waals surface area contributed by atoms with Gasteiger partial charge in [0.1, 0.15) is 18.1 Å². The van der Waals surface area contributed by atoms with Gasteiger partial charge in [-0.05, 0) is 49.6 Å². The Hall–Kier alpha value is -2.00. The molecular weight excluding hydrogens is 274 g/mol. The quantitative estimate of drug-likeness (QED) is 0.915. The minimum absolute atomic E-state index is 0.212. The van der Waals surface area contributed by atoms with Gasteiger partial charge in [-0.1, -0.05) is 30.3 Å². The topological polar surface area (TPSA) is 30.5 Å². The third-order valence-corrected chi connectivity index (χ3v) is 3.77. The van der Waals surface area contributed by atoms with Gasteiger partial charge >= 0.3 is 0 Å². The molecule has 0 aromatic heterocycles. The largest absolute Gasteiger partial charge is 0.492 e. The maximum absolute atomic E-state index is 5.80. The van der Waals surface area contributed by atoms with E-state index in [0.717, 1.165) is 31.1 Å². The average Bonchev–Trinajstić information content (AvgIpc) is 2.53. The number of benzene rings is 2. The lowest BCUT2D eigenvalue weighted by molar-refractivity contribution is 0.237. The second-order valence-corrected chi connectivity index (χ2v) is 6.01. The second kappa shape index (κ2) is 6.84. The van der Waals surface area contributed by atoms with Crippen molar-refractivity contribution in [3.8, 4) is 11.5 Å². The lowest BCUT2D eigenvalue weighted by atomic mass is 10.0. The van der Waals surface area contributed by atoms with Crippen LogP contribution < -0.4 is 14.8 Å². The number of rotatable bonds is 5. The van der Waals surface area contributed by atoms with E-state index >= 15 is 0 Å². The molecule has 0 unspecified atom stereocenters. The van der Waals surface area contributed by atoms with E-state index in [1.807, 2.05) is 38.1 Å². The van der Waals surface area contributed by atoms with E-state index in [9.17, 15) is 0 Å². The fourth-order valence-electron chi connectivity index (χ4n) is 2.68. The summed E-state index contributed by atoms with van der Waals surface area (Å²) in [5.74, 6) is 1.95. The van der Waals surface area contributed by atoms with E-state index in [0.29, 0.717) is 6.04 Å². The van der Waals surface area contributed by atoms with Crippen molar-refractivity contribution < 1.29 is 9.47 Å². The SMILES string of the molecule is CC(C)Oc1ccc(CN[C@@H]2COc3ccccc3C2)cc1. The number of fused-ring (bicyclic) bond motifs is 1. The highest BCUT2D eigenvalue weighted by Crippen LogP contribution is 2.24. The van der Waals surface area contributed by atoms with Gasteiger partial charge in [-0.25, -0.2) is 0 Å². The van der Waals surface area contributed by atoms with Gasteiger partial charge in [0, 0.05) is 12.6 Å². The molecule has 0 saturated carbocycles. The molecule has 0 amide bonds. The van der Waals surface area contributed by atoms with E-state index in [1.54, 1.807) is 0 Å². The summed E-state index contributed by atoms with van der Waals surface area (Å²) >= 11 is 0. The Kier molecular flexibility index (Phi) is 4.64. The van der Waals surface area contributed by atoms with Crippen molar-refractivity contribution in [3.05, 3.63) is 59.7 Å². The summed E-state index contributed by atoms with van der Waals surface area (Å²) in [7, 11) is 0. The Morgan fingerprint density at radius 3 is 2.68 bits per heavy atom. The predicted molar refractivity (Wildman–Crippen MR) is 88.5 cm³/mol. The summed E-state index contributed by atoms with van der Waals surface area (Å²) in [6, 6.07) is 16.9. The van der Waals surface area contributed by atoms with Crippen molar-refractivity contribution in [2.45, 2.75) is 39.0 Å². The zero-order valence-electron chi connectivity index (χ0n) is 13.2. The molecular formula is C19H23NO2. The normalized spacial score (nSPS) is 17.0. The van der Waals surface area contributed by atoms with Crippen LogP contribution in [0.2, 0.25) is 0 Å². The van der Waals surface area contributed by atoms with Gasteiger partial charge in [0.15, 0.2) is 0 Å².